The summed E-state index contributed by atoms with van der Waals surface area (Å²) in [6.45, 7) is 0. The van der Waals surface area contributed by atoms with E-state index in [0.717, 1.165) is 38.3 Å². The zero-order chi connectivity index (χ0) is 25.9. The number of rotatable bonds is 2. The summed E-state index contributed by atoms with van der Waals surface area (Å²) in [4.78, 5) is 9.44. The molecule has 0 spiro atoms. The average molecular weight is 514 g/mol. The minimum atomic E-state index is 0.690. The summed E-state index contributed by atoms with van der Waals surface area (Å²) in [6, 6.07) is 38.4. The van der Waals surface area contributed by atoms with Crippen LogP contribution in [0.5, 0.6) is 0 Å². The molecule has 180 valence electrons. The van der Waals surface area contributed by atoms with Crippen LogP contribution in [0.4, 0.5) is 0 Å². The van der Waals surface area contributed by atoms with Gasteiger partial charge < -0.3 is 0 Å². The van der Waals surface area contributed by atoms with Crippen molar-refractivity contribution in [3.63, 3.8) is 0 Å². The van der Waals surface area contributed by atoms with Gasteiger partial charge in [0.15, 0.2) is 0 Å². The van der Waals surface area contributed by atoms with Crippen LogP contribution in [-0.2, 0) is 0 Å². The van der Waals surface area contributed by atoms with Crippen LogP contribution in [0.2, 0.25) is 0 Å². The molecule has 0 saturated carbocycles. The molecule has 5 aromatic carbocycles. The Morgan fingerprint density at radius 3 is 2.10 bits per heavy atom. The number of nitrogens with zero attached hydrogens (tertiary/aromatic N) is 3. The summed E-state index contributed by atoms with van der Waals surface area (Å²) in [7, 11) is 0. The first-order valence-corrected chi connectivity index (χ1v) is 13.6. The van der Waals surface area contributed by atoms with E-state index >= 15 is 0 Å². The Morgan fingerprint density at radius 1 is 0.564 bits per heavy atom. The lowest BCUT2D eigenvalue weighted by Gasteiger charge is -2.13. The fourth-order valence-corrected chi connectivity index (χ4v) is 6.77. The smallest absolute Gasteiger partial charge is 0.0991 e. The van der Waals surface area contributed by atoms with Crippen LogP contribution in [0.1, 0.15) is 5.56 Å². The van der Waals surface area contributed by atoms with Crippen molar-refractivity contribution in [3.8, 4) is 28.3 Å². The number of thiophene rings is 1. The Hall–Kier alpha value is -5.11. The molecule has 0 aliphatic rings. The van der Waals surface area contributed by atoms with Crippen molar-refractivity contribution in [1.82, 2.24) is 9.97 Å². The maximum Gasteiger partial charge on any atom is 0.0991 e. The van der Waals surface area contributed by atoms with Gasteiger partial charge in [-0.1, -0.05) is 60.7 Å². The molecule has 8 aromatic rings. The van der Waals surface area contributed by atoms with Crippen molar-refractivity contribution >= 4 is 64.1 Å². The molecule has 0 aliphatic heterocycles. The normalized spacial score (nSPS) is 11.6. The number of aromatic nitrogens is 2. The van der Waals surface area contributed by atoms with Crippen molar-refractivity contribution < 1.29 is 0 Å². The van der Waals surface area contributed by atoms with Crippen LogP contribution >= 0.6 is 11.3 Å². The highest BCUT2D eigenvalue weighted by Crippen LogP contribution is 2.40. The van der Waals surface area contributed by atoms with Crippen LogP contribution in [0.3, 0.4) is 0 Å². The molecule has 3 nitrogen and oxygen atoms in total. The highest BCUT2D eigenvalue weighted by Gasteiger charge is 2.13. The molecule has 3 aromatic heterocycles. The van der Waals surface area contributed by atoms with E-state index in [9.17, 15) is 5.26 Å². The van der Waals surface area contributed by atoms with E-state index in [-0.39, 0.29) is 0 Å². The highest BCUT2D eigenvalue weighted by atomic mass is 32.1. The second kappa shape index (κ2) is 8.46. The summed E-state index contributed by atoms with van der Waals surface area (Å²) in [5.74, 6) is 0. The molecule has 0 N–H and O–H groups in total. The minimum absolute atomic E-state index is 0.690. The molecule has 39 heavy (non-hydrogen) atoms. The average Bonchev–Trinajstić information content (AvgIpc) is 3.37. The van der Waals surface area contributed by atoms with Gasteiger partial charge in [-0.15, -0.1) is 11.3 Å². The molecule has 0 saturated heterocycles. The molecular formula is C35H19N3S. The Balaban J connectivity index is 1.31. The van der Waals surface area contributed by atoms with Crippen LogP contribution in [0.15, 0.2) is 116 Å². The highest BCUT2D eigenvalue weighted by molar-refractivity contribution is 7.25. The largest absolute Gasteiger partial charge is 0.254 e. The van der Waals surface area contributed by atoms with Crippen molar-refractivity contribution in [2.75, 3.05) is 0 Å². The Morgan fingerprint density at radius 2 is 1.28 bits per heavy atom. The van der Waals surface area contributed by atoms with E-state index in [1.165, 1.54) is 36.7 Å². The quantitative estimate of drug-likeness (QED) is 0.216. The zero-order valence-electron chi connectivity index (χ0n) is 20.7. The molecule has 0 unspecified atom stereocenters. The zero-order valence-corrected chi connectivity index (χ0v) is 21.5. The monoisotopic (exact) mass is 513 g/mol. The predicted octanol–water partition coefficient (Wildman–Crippen LogP) is 9.51. The molecule has 0 radical (unpaired) electrons. The molecule has 0 atom stereocenters. The van der Waals surface area contributed by atoms with Crippen LogP contribution < -0.4 is 0 Å². The standard InChI is InChI=1S/C35H19N3S/c36-19-21-7-13-32-30(16-21)31-18-23(10-14-33(31)39-32)26-11-12-27(29-6-2-1-5-28(26)29)25-17-24-9-8-22-4-3-15-37-34(22)35(24)38-20-25/h1-18,20H. The van der Waals surface area contributed by atoms with Gasteiger partial charge >= 0.3 is 0 Å². The molecule has 0 bridgehead atoms. The first kappa shape index (κ1) is 21.9. The first-order chi connectivity index (χ1) is 19.3. The summed E-state index contributed by atoms with van der Waals surface area (Å²) in [6.07, 6.45) is 3.79. The van der Waals surface area contributed by atoms with Crippen molar-refractivity contribution in [2.45, 2.75) is 0 Å². The van der Waals surface area contributed by atoms with Crippen LogP contribution in [0.25, 0.3) is 75.0 Å². The number of benzene rings is 5. The van der Waals surface area contributed by atoms with E-state index in [2.05, 4.69) is 96.0 Å². The third-order valence-electron chi connectivity index (χ3n) is 7.57. The molecule has 4 heteroatoms. The molecule has 0 amide bonds. The van der Waals surface area contributed by atoms with Gasteiger partial charge in [0.05, 0.1) is 22.7 Å². The molecular weight excluding hydrogens is 494 g/mol. The van der Waals surface area contributed by atoms with Crippen molar-refractivity contribution in [1.29, 1.82) is 5.26 Å². The second-order valence-corrected chi connectivity index (χ2v) is 10.9. The Labute approximate surface area is 228 Å². The SMILES string of the molecule is N#Cc1ccc2sc3ccc(-c4ccc(-c5cnc6c(ccc7cccnc76)c5)c5ccccc45)cc3c2c1. The minimum Gasteiger partial charge on any atom is -0.254 e. The van der Waals surface area contributed by atoms with E-state index in [1.807, 2.05) is 30.6 Å². The van der Waals surface area contributed by atoms with Gasteiger partial charge in [0.2, 0.25) is 0 Å². The summed E-state index contributed by atoms with van der Waals surface area (Å²) >= 11 is 1.77. The number of hydrogen-bond donors (Lipinski definition) is 0. The lowest BCUT2D eigenvalue weighted by molar-refractivity contribution is 1.37. The van der Waals surface area contributed by atoms with Gasteiger partial charge in [-0.3, -0.25) is 9.97 Å². The summed E-state index contributed by atoms with van der Waals surface area (Å²) in [5, 5.41) is 16.3. The number of fused-ring (bicyclic) bond motifs is 7. The van der Waals surface area contributed by atoms with Gasteiger partial charge in [0, 0.05) is 48.9 Å². The summed E-state index contributed by atoms with van der Waals surface area (Å²) < 4.78 is 2.43. The maximum absolute atomic E-state index is 9.43. The third-order valence-corrected chi connectivity index (χ3v) is 8.72. The first-order valence-electron chi connectivity index (χ1n) is 12.8. The van der Waals surface area contributed by atoms with Crippen molar-refractivity contribution in [3.05, 3.63) is 121 Å². The lowest BCUT2D eigenvalue weighted by atomic mass is 9.91. The predicted molar refractivity (Wildman–Crippen MR) is 163 cm³/mol. The van der Waals surface area contributed by atoms with Gasteiger partial charge in [0.25, 0.3) is 0 Å². The fraction of sp³-hybridized carbons (Fsp3) is 0. The van der Waals surface area contributed by atoms with Gasteiger partial charge in [-0.25, -0.2) is 0 Å². The lowest BCUT2D eigenvalue weighted by Crippen LogP contribution is -1.89. The van der Waals surface area contributed by atoms with E-state index in [0.29, 0.717) is 5.56 Å². The Kier molecular flexibility index (Phi) is 4.75. The molecule has 8 rings (SSSR count). The van der Waals surface area contributed by atoms with Gasteiger partial charge in [-0.05, 0) is 69.9 Å². The van der Waals surface area contributed by atoms with Crippen LogP contribution in [0, 0.1) is 11.3 Å². The Bertz CT molecular complexity index is 2310. The fourth-order valence-electron chi connectivity index (χ4n) is 5.70. The third kappa shape index (κ3) is 3.41. The van der Waals surface area contributed by atoms with Gasteiger partial charge in [0.1, 0.15) is 0 Å². The van der Waals surface area contributed by atoms with E-state index in [1.54, 1.807) is 11.3 Å². The van der Waals surface area contributed by atoms with E-state index in [4.69, 9.17) is 4.98 Å². The molecule has 3 heterocycles. The summed E-state index contributed by atoms with van der Waals surface area (Å²) in [5.41, 5.74) is 7.15. The second-order valence-electron chi connectivity index (χ2n) is 9.78. The van der Waals surface area contributed by atoms with Crippen LogP contribution in [-0.4, -0.2) is 9.97 Å². The number of hydrogen-bond acceptors (Lipinski definition) is 4. The van der Waals surface area contributed by atoms with E-state index < -0.39 is 0 Å². The molecule has 0 fully saturated rings. The number of nitriles is 1. The topological polar surface area (TPSA) is 49.6 Å². The maximum atomic E-state index is 9.43. The number of pyridine rings is 2. The van der Waals surface area contributed by atoms with Crippen molar-refractivity contribution in [2.24, 2.45) is 0 Å². The molecule has 0 aliphatic carbocycles. The van der Waals surface area contributed by atoms with Gasteiger partial charge in [-0.2, -0.15) is 5.26 Å².